The van der Waals surface area contributed by atoms with Gasteiger partial charge in [0.15, 0.2) is 5.69 Å². The first kappa shape index (κ1) is 11.5. The number of ether oxygens (including phenoxy) is 1. The highest BCUT2D eigenvalue weighted by Gasteiger charge is 2.08. The Labute approximate surface area is 87.8 Å². The highest BCUT2D eigenvalue weighted by atomic mass is 16.5. The van der Waals surface area contributed by atoms with E-state index in [0.29, 0.717) is 18.0 Å². The molecule has 0 radical (unpaired) electrons. The Balaban J connectivity index is 2.74. The third-order valence-electron chi connectivity index (χ3n) is 1.94. The Kier molecular flexibility index (Phi) is 4.08. The zero-order valence-corrected chi connectivity index (χ0v) is 8.56. The van der Waals surface area contributed by atoms with Crippen LogP contribution in [-0.2, 0) is 16.0 Å². The lowest BCUT2D eigenvalue weighted by molar-refractivity contribution is -0.825. The highest BCUT2D eigenvalue weighted by molar-refractivity contribution is 5.73. The average Bonchev–Trinajstić information content (AvgIpc) is 2.21. The molecule has 82 valence electrons. The van der Waals surface area contributed by atoms with Crippen molar-refractivity contribution in [3.8, 4) is 0 Å². The summed E-state index contributed by atoms with van der Waals surface area (Å²) in [4.78, 5) is 11.2. The molecule has 1 rings (SSSR count). The molecule has 0 heterocycles. The van der Waals surface area contributed by atoms with Crippen molar-refractivity contribution in [2.24, 2.45) is 0 Å². The van der Waals surface area contributed by atoms with Crippen molar-refractivity contribution in [2.45, 2.75) is 13.3 Å². The standard InChI is InChI=1S/C10H14N2O3/c1-2-15-10(13)6-7-3-4-8(11)9(5-7)12-14/h3-5,12,14H,2,6,11H2,1H3/p+1. The molecule has 5 nitrogen and oxygen atoms in total. The quantitative estimate of drug-likeness (QED) is 0.370. The van der Waals surface area contributed by atoms with Crippen LogP contribution in [0.4, 0.5) is 11.4 Å². The van der Waals surface area contributed by atoms with Gasteiger partial charge in [-0.25, -0.2) is 5.21 Å². The van der Waals surface area contributed by atoms with Crippen LogP contribution in [0.25, 0.3) is 0 Å². The zero-order chi connectivity index (χ0) is 11.3. The third-order valence-corrected chi connectivity index (χ3v) is 1.94. The van der Waals surface area contributed by atoms with Crippen LogP contribution in [0.1, 0.15) is 12.5 Å². The Bertz CT molecular complexity index is 353. The van der Waals surface area contributed by atoms with E-state index in [4.69, 9.17) is 15.7 Å². The molecule has 0 spiro atoms. The number of nitrogen functional groups attached to an aromatic ring is 1. The Morgan fingerprint density at radius 3 is 2.93 bits per heavy atom. The SMILES string of the molecule is CCOC(=O)Cc1ccc(N)c([NH2+]O)c1. The van der Waals surface area contributed by atoms with Gasteiger partial charge in [0.25, 0.3) is 0 Å². The molecule has 15 heavy (non-hydrogen) atoms. The van der Waals surface area contributed by atoms with Crippen molar-refractivity contribution in [3.05, 3.63) is 23.8 Å². The number of quaternary nitrogens is 1. The van der Waals surface area contributed by atoms with E-state index in [1.54, 1.807) is 25.1 Å². The summed E-state index contributed by atoms with van der Waals surface area (Å²) in [6.45, 7) is 2.13. The summed E-state index contributed by atoms with van der Waals surface area (Å²) in [5.41, 5.74) is 8.26. The molecule has 1 aromatic carbocycles. The Morgan fingerprint density at radius 2 is 2.33 bits per heavy atom. The first-order chi connectivity index (χ1) is 7.17. The molecule has 0 aliphatic heterocycles. The molecule has 5 heteroatoms. The molecule has 0 aliphatic rings. The smallest absolute Gasteiger partial charge is 0.310 e. The van der Waals surface area contributed by atoms with Crippen LogP contribution in [0.3, 0.4) is 0 Å². The number of nitrogens with two attached hydrogens (primary N) is 2. The molecule has 0 saturated carbocycles. The number of esters is 1. The Morgan fingerprint density at radius 1 is 1.60 bits per heavy atom. The van der Waals surface area contributed by atoms with Gasteiger partial charge in [0.05, 0.1) is 18.7 Å². The van der Waals surface area contributed by atoms with Crippen LogP contribution in [0.15, 0.2) is 18.2 Å². The molecule has 5 N–H and O–H groups in total. The van der Waals surface area contributed by atoms with E-state index in [0.717, 1.165) is 11.0 Å². The van der Waals surface area contributed by atoms with Gasteiger partial charge in [-0.05, 0) is 18.6 Å². The van der Waals surface area contributed by atoms with Crippen LogP contribution in [0.5, 0.6) is 0 Å². The second-order valence-corrected chi connectivity index (χ2v) is 3.07. The zero-order valence-electron chi connectivity index (χ0n) is 8.56. The van der Waals surface area contributed by atoms with Crippen LogP contribution in [0.2, 0.25) is 0 Å². The number of hydrogen-bond donors (Lipinski definition) is 3. The summed E-state index contributed by atoms with van der Waals surface area (Å²) >= 11 is 0. The maximum Gasteiger partial charge on any atom is 0.310 e. The molecular weight excluding hydrogens is 196 g/mol. The normalized spacial score (nSPS) is 10.0. The van der Waals surface area contributed by atoms with E-state index in [1.165, 1.54) is 0 Å². The van der Waals surface area contributed by atoms with Crippen molar-refractivity contribution in [2.75, 3.05) is 12.3 Å². The lowest BCUT2D eigenvalue weighted by atomic mass is 10.1. The van der Waals surface area contributed by atoms with Gasteiger partial charge in [-0.15, -0.1) is 0 Å². The van der Waals surface area contributed by atoms with Gasteiger partial charge < -0.3 is 10.5 Å². The van der Waals surface area contributed by atoms with Crippen LogP contribution in [-0.4, -0.2) is 17.8 Å². The van der Waals surface area contributed by atoms with Crippen molar-refractivity contribution in [3.63, 3.8) is 0 Å². The van der Waals surface area contributed by atoms with E-state index < -0.39 is 0 Å². The van der Waals surface area contributed by atoms with E-state index in [1.807, 2.05) is 0 Å². The van der Waals surface area contributed by atoms with Gasteiger partial charge in [0, 0.05) is 6.07 Å². The fourth-order valence-corrected chi connectivity index (χ4v) is 1.22. The topological polar surface area (TPSA) is 89.2 Å². The third kappa shape index (κ3) is 3.23. The average molecular weight is 211 g/mol. The van der Waals surface area contributed by atoms with E-state index >= 15 is 0 Å². The van der Waals surface area contributed by atoms with E-state index in [9.17, 15) is 4.79 Å². The summed E-state index contributed by atoms with van der Waals surface area (Å²) in [7, 11) is 0. The number of anilines is 1. The molecular formula is C10H15N2O3+. The predicted molar refractivity (Wildman–Crippen MR) is 54.6 cm³/mol. The second kappa shape index (κ2) is 5.33. The Hall–Kier alpha value is -1.59. The van der Waals surface area contributed by atoms with Gasteiger partial charge in [-0.1, -0.05) is 6.07 Å². The molecule has 0 aliphatic carbocycles. The molecule has 0 saturated heterocycles. The number of benzene rings is 1. The summed E-state index contributed by atoms with van der Waals surface area (Å²) in [5.74, 6) is -0.286. The lowest BCUT2D eigenvalue weighted by Gasteiger charge is -2.04. The van der Waals surface area contributed by atoms with Gasteiger partial charge in [-0.2, -0.15) is 5.48 Å². The molecule has 1 aromatic rings. The van der Waals surface area contributed by atoms with Gasteiger partial charge in [-0.3, -0.25) is 4.79 Å². The number of hydrogen-bond acceptors (Lipinski definition) is 4. The largest absolute Gasteiger partial charge is 0.466 e. The van der Waals surface area contributed by atoms with Crippen molar-refractivity contribution < 1.29 is 20.2 Å². The molecule has 0 unspecified atom stereocenters. The lowest BCUT2D eigenvalue weighted by Crippen LogP contribution is -2.74. The van der Waals surface area contributed by atoms with Crippen molar-refractivity contribution >= 4 is 17.3 Å². The van der Waals surface area contributed by atoms with Crippen molar-refractivity contribution in [1.29, 1.82) is 0 Å². The maximum atomic E-state index is 11.2. The summed E-state index contributed by atoms with van der Waals surface area (Å²) in [5, 5.41) is 8.86. The monoisotopic (exact) mass is 211 g/mol. The fraction of sp³-hybridized carbons (Fsp3) is 0.300. The van der Waals surface area contributed by atoms with Gasteiger partial charge >= 0.3 is 5.97 Å². The van der Waals surface area contributed by atoms with Crippen molar-refractivity contribution in [1.82, 2.24) is 0 Å². The minimum Gasteiger partial charge on any atom is -0.466 e. The molecule has 0 fully saturated rings. The number of rotatable bonds is 4. The van der Waals surface area contributed by atoms with Crippen LogP contribution >= 0.6 is 0 Å². The van der Waals surface area contributed by atoms with Crippen LogP contribution < -0.4 is 11.2 Å². The van der Waals surface area contributed by atoms with Gasteiger partial charge in [0.1, 0.15) is 0 Å². The first-order valence-corrected chi connectivity index (χ1v) is 4.68. The predicted octanol–water partition coefficient (Wildman–Crippen LogP) is -0.0415. The summed E-state index contributed by atoms with van der Waals surface area (Å²) in [6, 6.07) is 5.04. The highest BCUT2D eigenvalue weighted by Crippen LogP contribution is 2.15. The molecule has 0 amide bonds. The number of carbonyl (C=O) groups is 1. The number of carbonyl (C=O) groups excluding carboxylic acids is 1. The van der Waals surface area contributed by atoms with E-state index in [-0.39, 0.29) is 12.4 Å². The minimum atomic E-state index is -0.286. The summed E-state index contributed by atoms with van der Waals surface area (Å²) < 4.78 is 4.81. The molecule has 0 atom stereocenters. The maximum absolute atomic E-state index is 11.2. The minimum absolute atomic E-state index is 0.189. The first-order valence-electron chi connectivity index (χ1n) is 4.68. The van der Waals surface area contributed by atoms with E-state index in [2.05, 4.69) is 0 Å². The van der Waals surface area contributed by atoms with Crippen LogP contribution in [0, 0.1) is 0 Å². The molecule has 0 aromatic heterocycles. The second-order valence-electron chi connectivity index (χ2n) is 3.07. The summed E-state index contributed by atoms with van der Waals surface area (Å²) in [6.07, 6.45) is 0.189. The fourth-order valence-electron chi connectivity index (χ4n) is 1.22. The molecule has 0 bridgehead atoms. The van der Waals surface area contributed by atoms with Gasteiger partial charge in [0.2, 0.25) is 0 Å².